The van der Waals surface area contributed by atoms with E-state index in [-0.39, 0.29) is 5.02 Å². The van der Waals surface area contributed by atoms with Crippen LogP contribution >= 0.6 is 39.1 Å². The van der Waals surface area contributed by atoms with Crippen molar-refractivity contribution in [3.8, 4) is 5.75 Å². The number of amides is 1. The maximum Gasteiger partial charge on any atom is 0.344 e. The summed E-state index contributed by atoms with van der Waals surface area (Å²) >= 11 is 15.0. The van der Waals surface area contributed by atoms with Gasteiger partial charge in [0.15, 0.2) is 0 Å². The number of benzene rings is 3. The third-order valence-electron chi connectivity index (χ3n) is 3.75. The van der Waals surface area contributed by atoms with E-state index >= 15 is 0 Å². The van der Waals surface area contributed by atoms with E-state index < -0.39 is 11.9 Å². The molecule has 0 heterocycles. The summed E-state index contributed by atoms with van der Waals surface area (Å²) in [5.74, 6) is -0.491. The zero-order valence-corrected chi connectivity index (χ0v) is 17.8. The fraction of sp³-hybridized carbons (Fsp3) is 0. The molecule has 0 aliphatic rings. The van der Waals surface area contributed by atoms with Gasteiger partial charge < -0.3 is 4.74 Å². The summed E-state index contributed by atoms with van der Waals surface area (Å²) in [6.07, 6.45) is 1.47. The van der Waals surface area contributed by atoms with Gasteiger partial charge in [-0.3, -0.25) is 4.79 Å². The molecule has 0 unspecified atom stereocenters. The first kappa shape index (κ1) is 21.0. The van der Waals surface area contributed by atoms with Gasteiger partial charge in [0.05, 0.1) is 21.8 Å². The molecule has 0 spiro atoms. The van der Waals surface area contributed by atoms with Crippen molar-refractivity contribution >= 4 is 57.2 Å². The number of halogens is 3. The molecule has 5 nitrogen and oxygen atoms in total. The van der Waals surface area contributed by atoms with Gasteiger partial charge in [-0.25, -0.2) is 10.2 Å². The summed E-state index contributed by atoms with van der Waals surface area (Å²) in [6, 6.07) is 18.2. The van der Waals surface area contributed by atoms with E-state index in [1.54, 1.807) is 48.5 Å². The highest BCUT2D eigenvalue weighted by molar-refractivity contribution is 9.10. The van der Waals surface area contributed by atoms with E-state index in [9.17, 15) is 9.59 Å². The van der Waals surface area contributed by atoms with Crippen LogP contribution in [0.4, 0.5) is 0 Å². The quantitative estimate of drug-likeness (QED) is 0.214. The smallest absolute Gasteiger partial charge is 0.344 e. The van der Waals surface area contributed by atoms with Crippen LogP contribution in [0.15, 0.2) is 76.3 Å². The number of hydrogen-bond acceptors (Lipinski definition) is 4. The number of nitrogens with zero attached hydrogens (tertiary/aromatic N) is 1. The molecule has 0 aliphatic carbocycles. The van der Waals surface area contributed by atoms with E-state index in [1.165, 1.54) is 18.3 Å². The number of rotatable bonds is 5. The van der Waals surface area contributed by atoms with E-state index in [4.69, 9.17) is 27.9 Å². The summed E-state index contributed by atoms with van der Waals surface area (Å²) in [7, 11) is 0. The first-order valence-corrected chi connectivity index (χ1v) is 9.84. The standard InChI is InChI=1S/C21H13BrCl2N2O3/c22-17-4-2-1-3-16(17)21(28)29-15-8-5-13(6-9-15)12-25-26-20(27)14-7-10-18(23)19(24)11-14/h1-12H,(H,26,27). The van der Waals surface area contributed by atoms with Crippen molar-refractivity contribution in [1.82, 2.24) is 5.43 Å². The fourth-order valence-corrected chi connectivity index (χ4v) is 3.02. The molecule has 3 aromatic carbocycles. The van der Waals surface area contributed by atoms with Gasteiger partial charge in [0.2, 0.25) is 0 Å². The highest BCUT2D eigenvalue weighted by Gasteiger charge is 2.11. The summed E-state index contributed by atoms with van der Waals surface area (Å²) in [5, 5.41) is 4.56. The second kappa shape index (κ2) is 9.69. The lowest BCUT2D eigenvalue weighted by Gasteiger charge is -2.06. The molecule has 0 fully saturated rings. The third-order valence-corrected chi connectivity index (χ3v) is 5.18. The second-order valence-electron chi connectivity index (χ2n) is 5.77. The predicted molar refractivity (Wildman–Crippen MR) is 117 cm³/mol. The highest BCUT2D eigenvalue weighted by atomic mass is 79.9. The summed E-state index contributed by atoms with van der Waals surface area (Å²) in [4.78, 5) is 24.3. The zero-order chi connectivity index (χ0) is 20.8. The molecule has 1 N–H and O–H groups in total. The number of ether oxygens (including phenoxy) is 1. The van der Waals surface area contributed by atoms with Gasteiger partial charge in [-0.15, -0.1) is 0 Å². The van der Waals surface area contributed by atoms with Crippen LogP contribution in [-0.4, -0.2) is 18.1 Å². The van der Waals surface area contributed by atoms with Crippen molar-refractivity contribution in [3.05, 3.63) is 97.9 Å². The minimum atomic E-state index is -0.465. The molecule has 3 aromatic rings. The molecule has 146 valence electrons. The maximum absolute atomic E-state index is 12.2. The first-order chi connectivity index (χ1) is 13.9. The van der Waals surface area contributed by atoms with Crippen molar-refractivity contribution in [1.29, 1.82) is 0 Å². The molecule has 0 aliphatic heterocycles. The predicted octanol–water partition coefficient (Wildman–Crippen LogP) is 5.74. The first-order valence-electron chi connectivity index (χ1n) is 8.29. The SMILES string of the molecule is O=C(NN=Cc1ccc(OC(=O)c2ccccc2Br)cc1)c1ccc(Cl)c(Cl)c1. The summed E-state index contributed by atoms with van der Waals surface area (Å²) in [6.45, 7) is 0. The average Bonchev–Trinajstić information content (AvgIpc) is 2.71. The Kier molecular flexibility index (Phi) is 7.04. The second-order valence-corrected chi connectivity index (χ2v) is 7.44. The molecule has 0 radical (unpaired) electrons. The van der Waals surface area contributed by atoms with Crippen LogP contribution in [0.1, 0.15) is 26.3 Å². The van der Waals surface area contributed by atoms with Crippen LogP contribution in [0.25, 0.3) is 0 Å². The van der Waals surface area contributed by atoms with E-state index in [0.29, 0.717) is 31.9 Å². The molecule has 1 amide bonds. The van der Waals surface area contributed by atoms with Gasteiger partial charge in [0.1, 0.15) is 5.75 Å². The van der Waals surface area contributed by atoms with Gasteiger partial charge >= 0.3 is 5.97 Å². The highest BCUT2D eigenvalue weighted by Crippen LogP contribution is 2.22. The number of hydrazone groups is 1. The van der Waals surface area contributed by atoms with E-state index in [1.807, 2.05) is 6.07 Å². The topological polar surface area (TPSA) is 67.8 Å². The Morgan fingerprint density at radius 2 is 1.69 bits per heavy atom. The van der Waals surface area contributed by atoms with E-state index in [0.717, 1.165) is 0 Å². The Hall–Kier alpha value is -2.67. The minimum Gasteiger partial charge on any atom is -0.423 e. The Bertz CT molecular complexity index is 1090. The minimum absolute atomic E-state index is 0.288. The lowest BCUT2D eigenvalue weighted by Crippen LogP contribution is -2.17. The number of carbonyl (C=O) groups is 2. The molecular weight excluding hydrogens is 479 g/mol. The molecule has 0 saturated carbocycles. The molecule has 0 bridgehead atoms. The van der Waals surface area contributed by atoms with Crippen LogP contribution in [0.3, 0.4) is 0 Å². The van der Waals surface area contributed by atoms with Gasteiger partial charge in [-0.05, 0) is 76.1 Å². The van der Waals surface area contributed by atoms with Crippen LogP contribution in [0, 0.1) is 0 Å². The van der Waals surface area contributed by atoms with Crippen molar-refractivity contribution in [3.63, 3.8) is 0 Å². The van der Waals surface area contributed by atoms with Gasteiger partial charge in [-0.1, -0.05) is 35.3 Å². The normalized spacial score (nSPS) is 10.7. The maximum atomic E-state index is 12.2. The Morgan fingerprint density at radius 3 is 2.38 bits per heavy atom. The molecule has 29 heavy (non-hydrogen) atoms. The summed E-state index contributed by atoms with van der Waals surface area (Å²) in [5.41, 5.74) is 3.89. The molecular formula is C21H13BrCl2N2O3. The number of hydrogen-bond donors (Lipinski definition) is 1. The van der Waals surface area contributed by atoms with Gasteiger partial charge in [0, 0.05) is 10.0 Å². The Labute approximate surface area is 185 Å². The molecule has 0 aromatic heterocycles. The summed E-state index contributed by atoms with van der Waals surface area (Å²) < 4.78 is 6.01. The Balaban J connectivity index is 1.58. The van der Waals surface area contributed by atoms with E-state index in [2.05, 4.69) is 26.5 Å². The number of carbonyl (C=O) groups excluding carboxylic acids is 2. The third kappa shape index (κ3) is 5.67. The molecule has 0 atom stereocenters. The van der Waals surface area contributed by atoms with Gasteiger partial charge in [0.25, 0.3) is 5.91 Å². The fourth-order valence-electron chi connectivity index (χ4n) is 2.28. The molecule has 0 saturated heterocycles. The average molecular weight is 492 g/mol. The van der Waals surface area contributed by atoms with Crippen LogP contribution in [-0.2, 0) is 0 Å². The van der Waals surface area contributed by atoms with Crippen molar-refractivity contribution < 1.29 is 14.3 Å². The lowest BCUT2D eigenvalue weighted by molar-refractivity contribution is 0.0733. The van der Waals surface area contributed by atoms with Crippen molar-refractivity contribution in [2.75, 3.05) is 0 Å². The van der Waals surface area contributed by atoms with Crippen LogP contribution in [0.5, 0.6) is 5.75 Å². The van der Waals surface area contributed by atoms with Crippen molar-refractivity contribution in [2.45, 2.75) is 0 Å². The Morgan fingerprint density at radius 1 is 0.966 bits per heavy atom. The molecule has 8 heteroatoms. The monoisotopic (exact) mass is 490 g/mol. The largest absolute Gasteiger partial charge is 0.423 e. The molecule has 3 rings (SSSR count). The van der Waals surface area contributed by atoms with Crippen LogP contribution in [0.2, 0.25) is 10.0 Å². The van der Waals surface area contributed by atoms with Crippen molar-refractivity contribution in [2.24, 2.45) is 5.10 Å². The lowest BCUT2D eigenvalue weighted by atomic mass is 10.2. The number of nitrogens with one attached hydrogen (secondary N) is 1. The van der Waals surface area contributed by atoms with Gasteiger partial charge in [-0.2, -0.15) is 5.10 Å². The van der Waals surface area contributed by atoms with Crippen LogP contribution < -0.4 is 10.2 Å². The number of esters is 1. The zero-order valence-electron chi connectivity index (χ0n) is 14.7.